The van der Waals surface area contributed by atoms with Gasteiger partial charge in [-0.1, -0.05) is 107 Å². The molecule has 4 fully saturated rings. The molecule has 0 aromatic heterocycles. The lowest BCUT2D eigenvalue weighted by molar-refractivity contribution is -0.174. The number of phenolic OH excluding ortho intramolecular Hbond substituents is 2. The second-order valence-corrected chi connectivity index (χ2v) is 37.1. The number of piperidine rings is 4. The molecule has 4 aliphatic rings. The third-order valence-electron chi connectivity index (χ3n) is 23.6. The molecule has 6 rings (SSSR count). The first-order valence-electron chi connectivity index (χ1n) is 34.3. The van der Waals surface area contributed by atoms with Crippen LogP contribution in [0.15, 0.2) is 24.3 Å². The molecule has 4 aliphatic heterocycles. The third-order valence-corrected chi connectivity index (χ3v) is 23.6. The lowest BCUT2D eigenvalue weighted by Crippen LogP contribution is -2.57. The van der Waals surface area contributed by atoms with Crippen molar-refractivity contribution in [3.63, 3.8) is 0 Å². The molecule has 10 unspecified atom stereocenters. The van der Waals surface area contributed by atoms with E-state index in [1.165, 1.54) is 0 Å². The normalized spacial score (nSPS) is 29.1. The molecule has 2 aromatic rings. The van der Waals surface area contributed by atoms with Gasteiger partial charge in [0.1, 0.15) is 29.1 Å². The van der Waals surface area contributed by atoms with Crippen molar-refractivity contribution >= 4 is 11.9 Å². The van der Waals surface area contributed by atoms with Crippen molar-refractivity contribution in [2.75, 3.05) is 28.2 Å². The number of aromatic hydroxyl groups is 2. The summed E-state index contributed by atoms with van der Waals surface area (Å²) in [4.78, 5) is 41.2. The van der Waals surface area contributed by atoms with Crippen LogP contribution in [0.25, 0.3) is 0 Å². The Labute approximate surface area is 533 Å². The van der Waals surface area contributed by atoms with Gasteiger partial charge >= 0.3 is 11.9 Å². The van der Waals surface area contributed by atoms with Gasteiger partial charge in [0, 0.05) is 59.2 Å². The van der Waals surface area contributed by atoms with Crippen LogP contribution in [0.3, 0.4) is 0 Å². The number of ether oxygens (including phenoxy) is 2. The van der Waals surface area contributed by atoms with Gasteiger partial charge in [0.15, 0.2) is 0 Å². The summed E-state index contributed by atoms with van der Waals surface area (Å²) in [5.74, 6) is 1.49. The van der Waals surface area contributed by atoms with E-state index in [9.17, 15) is 10.2 Å². The van der Waals surface area contributed by atoms with Gasteiger partial charge in [0.2, 0.25) is 0 Å². The Balaban J connectivity index is 1.49. The van der Waals surface area contributed by atoms with E-state index in [-0.39, 0.29) is 55.7 Å². The number of esters is 2. The Hall–Kier alpha value is -3.18. The Bertz CT molecular complexity index is 2400. The molecule has 0 saturated carbocycles. The minimum Gasteiger partial charge on any atom is -0.507 e. The maximum absolute atomic E-state index is 15.5. The number of carbonyl (C=O) groups excluding carboxylic acids is 2. The number of nitrogens with zero attached hydrogens (tertiary/aromatic N) is 4. The molecule has 10 atom stereocenters. The zero-order chi connectivity index (χ0) is 66.3. The summed E-state index contributed by atoms with van der Waals surface area (Å²) in [5, 5.41) is 24.1. The van der Waals surface area contributed by atoms with Crippen LogP contribution in [0.2, 0.25) is 0 Å². The summed E-state index contributed by atoms with van der Waals surface area (Å²) in [6, 6.07) is 10.1. The van der Waals surface area contributed by atoms with Crippen LogP contribution in [0, 0.1) is 35.5 Å². The van der Waals surface area contributed by atoms with Crippen molar-refractivity contribution in [1.82, 2.24) is 19.6 Å². The first kappa shape index (κ1) is 72.9. The van der Waals surface area contributed by atoms with Crippen LogP contribution >= 0.6 is 0 Å². The van der Waals surface area contributed by atoms with Gasteiger partial charge in [-0.15, -0.1) is 0 Å². The number of rotatable bonds is 16. The van der Waals surface area contributed by atoms with Crippen LogP contribution in [0.5, 0.6) is 11.5 Å². The molecule has 4 heterocycles. The zero-order valence-corrected chi connectivity index (χ0v) is 61.6. The van der Waals surface area contributed by atoms with E-state index in [1.54, 1.807) is 0 Å². The topological polar surface area (TPSA) is 106 Å². The molecule has 2 aromatic carbocycles. The lowest BCUT2D eigenvalue weighted by Gasteiger charge is -2.55. The quantitative estimate of drug-likeness (QED) is 0.125. The molecule has 496 valence electrons. The van der Waals surface area contributed by atoms with Gasteiger partial charge in [-0.05, 0) is 280 Å². The molecule has 87 heavy (non-hydrogen) atoms. The first-order valence-corrected chi connectivity index (χ1v) is 34.3. The van der Waals surface area contributed by atoms with Crippen LogP contribution in [0.4, 0.5) is 0 Å². The van der Waals surface area contributed by atoms with Gasteiger partial charge in [-0.25, -0.2) is 0 Å². The SMILES string of the molecule is CC1CC(C(CC(C)(Cc2cc(C(C)(C)C)c(O)c(C(C)(C)C)c2)OC(=O)CC(=O)OC(C)(Cc2cc(C(C)(C)C)c(O)c(C(C)(C)C)c2)CC(C2CC(C)N(C)C(C)(C)C2)C2CC(C)N(C)C(C)(C)C2)C2CC(C)N(C)C(C)(C)C2)CC(C)(C)N1C. The largest absolute Gasteiger partial charge is 0.507 e. The van der Waals surface area contributed by atoms with E-state index >= 15 is 9.59 Å². The molecular weight excluding hydrogens is 1080 g/mol. The van der Waals surface area contributed by atoms with Crippen molar-refractivity contribution < 1.29 is 29.3 Å². The van der Waals surface area contributed by atoms with Crippen LogP contribution in [-0.4, -0.2) is 127 Å². The molecule has 0 spiro atoms. The van der Waals surface area contributed by atoms with Gasteiger partial charge < -0.3 is 19.7 Å². The molecule has 0 bridgehead atoms. The highest BCUT2D eigenvalue weighted by Gasteiger charge is 2.51. The maximum Gasteiger partial charge on any atom is 0.317 e. The summed E-state index contributed by atoms with van der Waals surface area (Å²) in [5.41, 5.74) is 1.95. The fourth-order valence-electron chi connectivity index (χ4n) is 17.8. The molecule has 4 saturated heterocycles. The Morgan fingerprint density at radius 2 is 0.644 bits per heavy atom. The van der Waals surface area contributed by atoms with E-state index < -0.39 is 29.6 Å². The second kappa shape index (κ2) is 25.4. The summed E-state index contributed by atoms with van der Waals surface area (Å²) >= 11 is 0. The smallest absolute Gasteiger partial charge is 0.317 e. The number of phenols is 2. The Kier molecular flexibility index (Phi) is 21.3. The van der Waals surface area contributed by atoms with E-state index in [0.29, 0.717) is 85.0 Å². The summed E-state index contributed by atoms with van der Waals surface area (Å²) in [7, 11) is 9.11. The highest BCUT2D eigenvalue weighted by Crippen LogP contribution is 2.53. The number of benzene rings is 2. The number of carbonyl (C=O) groups is 2. The fourth-order valence-corrected chi connectivity index (χ4v) is 17.8. The van der Waals surface area contributed by atoms with Crippen molar-refractivity contribution in [2.45, 2.75) is 343 Å². The van der Waals surface area contributed by atoms with Gasteiger partial charge in [-0.2, -0.15) is 0 Å². The molecular formula is C77H132N4O6. The fraction of sp³-hybridized carbons (Fsp3) is 0.818. The van der Waals surface area contributed by atoms with Crippen LogP contribution in [0.1, 0.15) is 284 Å². The van der Waals surface area contributed by atoms with Crippen molar-refractivity contribution in [3.05, 3.63) is 57.6 Å². The van der Waals surface area contributed by atoms with Gasteiger partial charge in [0.25, 0.3) is 0 Å². The molecule has 2 N–H and O–H groups in total. The second-order valence-electron chi connectivity index (χ2n) is 37.1. The average molecular weight is 1210 g/mol. The first-order chi connectivity index (χ1) is 39.2. The third kappa shape index (κ3) is 16.9. The molecule has 0 aliphatic carbocycles. The molecule has 10 heteroatoms. The van der Waals surface area contributed by atoms with Crippen molar-refractivity contribution in [3.8, 4) is 11.5 Å². The minimum absolute atomic E-state index is 0.0256. The molecule has 0 radical (unpaired) electrons. The molecule has 10 nitrogen and oxygen atoms in total. The molecule has 0 amide bonds. The predicted octanol–water partition coefficient (Wildman–Crippen LogP) is 17.1. The van der Waals surface area contributed by atoms with Crippen molar-refractivity contribution in [2.24, 2.45) is 35.5 Å². The number of hydrogen-bond acceptors (Lipinski definition) is 10. The monoisotopic (exact) mass is 1210 g/mol. The maximum atomic E-state index is 15.5. The standard InChI is InChI=1S/C77H132N4O6/c1-48-31-54(42-72(17,18)78(48)27)58(55-32-49(2)79(28)73(19,20)43-55)46-76(25,40-52-35-60(68(5,6)7)66(84)61(36-52)69(8,9)10)86-64(82)39-65(83)87-77(26,41-53-37-62(70(11,12)13)67(85)63(38-53)71(14,15)16)47-59(56-33-50(3)80(29)74(21,22)44-56)57-34-51(4)81(30)75(23,24)45-57/h35-38,48-51,54-59,84-85H,31-34,39-47H2,1-30H3. The highest BCUT2D eigenvalue weighted by atomic mass is 16.6. The predicted molar refractivity (Wildman–Crippen MR) is 364 cm³/mol. The summed E-state index contributed by atoms with van der Waals surface area (Å²) in [6.07, 6.45) is 9.99. The van der Waals surface area contributed by atoms with Crippen LogP contribution in [-0.2, 0) is 53.6 Å². The Morgan fingerprint density at radius 3 is 0.828 bits per heavy atom. The Morgan fingerprint density at radius 1 is 0.437 bits per heavy atom. The van der Waals surface area contributed by atoms with E-state index in [1.807, 2.05) is 0 Å². The van der Waals surface area contributed by atoms with Gasteiger partial charge in [-0.3, -0.25) is 29.2 Å². The summed E-state index contributed by atoms with van der Waals surface area (Å²) in [6.45, 7) is 58.8. The lowest BCUT2D eigenvalue weighted by atomic mass is 9.62. The van der Waals surface area contributed by atoms with Crippen molar-refractivity contribution in [1.29, 1.82) is 0 Å². The number of hydrogen-bond donors (Lipinski definition) is 2. The van der Waals surface area contributed by atoms with E-state index in [2.05, 4.69) is 252 Å². The summed E-state index contributed by atoms with van der Waals surface area (Å²) < 4.78 is 14.3. The zero-order valence-electron chi connectivity index (χ0n) is 61.6. The van der Waals surface area contributed by atoms with E-state index in [0.717, 1.165) is 84.7 Å². The number of likely N-dealkylation sites (tertiary alicyclic amines) is 4. The average Bonchev–Trinajstić information content (AvgIpc) is 1.25. The van der Waals surface area contributed by atoms with E-state index in [4.69, 9.17) is 9.47 Å². The van der Waals surface area contributed by atoms with Crippen LogP contribution < -0.4 is 0 Å². The van der Waals surface area contributed by atoms with Gasteiger partial charge in [0.05, 0.1) is 0 Å². The highest BCUT2D eigenvalue weighted by molar-refractivity contribution is 5.91. The minimum atomic E-state index is -1.03.